The minimum absolute atomic E-state index is 0.310. The van der Waals surface area contributed by atoms with Crippen LogP contribution in [0, 0.1) is 13.8 Å². The van der Waals surface area contributed by atoms with Gasteiger partial charge in [0.1, 0.15) is 0 Å². The van der Waals surface area contributed by atoms with Crippen LogP contribution in [-0.2, 0) is 0 Å². The number of aryl methyl sites for hydroxylation is 2. The average Bonchev–Trinajstić information content (AvgIpc) is 3.22. The second-order valence-corrected chi connectivity index (χ2v) is 7.69. The van der Waals surface area contributed by atoms with E-state index in [0.717, 1.165) is 17.1 Å². The van der Waals surface area contributed by atoms with Crippen LogP contribution in [-0.4, -0.2) is 47.2 Å². The van der Waals surface area contributed by atoms with Crippen LogP contribution in [0.2, 0.25) is 0 Å². The lowest BCUT2D eigenvalue weighted by molar-refractivity contribution is 0.102. The van der Waals surface area contributed by atoms with Crippen LogP contribution in [0.5, 0.6) is 17.2 Å². The molecule has 10 heteroatoms. The van der Waals surface area contributed by atoms with E-state index in [9.17, 15) is 4.79 Å². The smallest absolute Gasteiger partial charge is 0.255 e. The lowest BCUT2D eigenvalue weighted by Gasteiger charge is -2.14. The molecule has 0 aliphatic carbocycles. The number of carbonyl (C=O) groups excluding carboxylic acids is 1. The van der Waals surface area contributed by atoms with E-state index in [4.69, 9.17) is 14.2 Å². The van der Waals surface area contributed by atoms with Crippen LogP contribution in [0.15, 0.2) is 54.6 Å². The van der Waals surface area contributed by atoms with Gasteiger partial charge in [0.05, 0.1) is 27.0 Å². The Morgan fingerprint density at radius 1 is 0.829 bits per heavy atom. The molecule has 2 aromatic carbocycles. The molecule has 0 atom stereocenters. The maximum atomic E-state index is 12.8. The summed E-state index contributed by atoms with van der Waals surface area (Å²) >= 11 is 0. The van der Waals surface area contributed by atoms with Crippen LogP contribution in [0.25, 0.3) is 5.82 Å². The van der Waals surface area contributed by atoms with Gasteiger partial charge in [-0.3, -0.25) is 4.79 Å². The van der Waals surface area contributed by atoms with Crippen molar-refractivity contribution in [2.75, 3.05) is 32.0 Å². The lowest BCUT2D eigenvalue weighted by atomic mass is 10.1. The number of hydrogen-bond donors (Lipinski definition) is 2. The highest BCUT2D eigenvalue weighted by Gasteiger charge is 2.17. The van der Waals surface area contributed by atoms with E-state index in [1.807, 2.05) is 44.2 Å². The van der Waals surface area contributed by atoms with Gasteiger partial charge in [0.25, 0.3) is 5.91 Å². The third kappa shape index (κ3) is 5.16. The molecule has 0 fully saturated rings. The molecule has 4 aromatic rings. The number of ether oxygens (including phenoxy) is 3. The van der Waals surface area contributed by atoms with Crippen molar-refractivity contribution in [2.24, 2.45) is 0 Å². The number of aromatic nitrogens is 4. The van der Waals surface area contributed by atoms with Crippen molar-refractivity contribution < 1.29 is 19.0 Å². The second kappa shape index (κ2) is 10.1. The van der Waals surface area contributed by atoms with Gasteiger partial charge in [-0.2, -0.15) is 5.10 Å². The number of carbonyl (C=O) groups is 1. The van der Waals surface area contributed by atoms with Crippen LogP contribution >= 0.6 is 0 Å². The molecular formula is C25H26N6O4. The summed E-state index contributed by atoms with van der Waals surface area (Å²) in [5, 5.41) is 19.0. The lowest BCUT2D eigenvalue weighted by Crippen LogP contribution is -2.12. The van der Waals surface area contributed by atoms with Crippen molar-refractivity contribution in [3.8, 4) is 23.1 Å². The van der Waals surface area contributed by atoms with Crippen LogP contribution in [0.3, 0.4) is 0 Å². The van der Waals surface area contributed by atoms with Crippen molar-refractivity contribution in [3.05, 3.63) is 71.5 Å². The first-order chi connectivity index (χ1) is 16.9. The quantitative estimate of drug-likeness (QED) is 0.389. The standard InChI is InChI=1S/C25H26N6O4/c1-15-12-16(2)31(30-15)23-11-10-22(28-29-23)26-18-6-8-19(9-7-18)27-25(32)17-13-20(33-3)24(35-5)21(14-17)34-4/h6-14H,1-5H3,(H,26,28)(H,27,32). The van der Waals surface area contributed by atoms with Gasteiger partial charge in [-0.05, 0) is 68.4 Å². The molecule has 0 spiro atoms. The molecule has 2 aromatic heterocycles. The maximum absolute atomic E-state index is 12.8. The van der Waals surface area contributed by atoms with Crippen molar-refractivity contribution in [2.45, 2.75) is 13.8 Å². The molecule has 0 bridgehead atoms. The van der Waals surface area contributed by atoms with Crippen molar-refractivity contribution in [1.29, 1.82) is 0 Å². The molecule has 35 heavy (non-hydrogen) atoms. The van der Waals surface area contributed by atoms with Gasteiger partial charge in [-0.1, -0.05) is 0 Å². The van der Waals surface area contributed by atoms with Gasteiger partial charge >= 0.3 is 0 Å². The fourth-order valence-corrected chi connectivity index (χ4v) is 3.57. The summed E-state index contributed by atoms with van der Waals surface area (Å²) in [6, 6.07) is 16.1. The summed E-state index contributed by atoms with van der Waals surface area (Å²) in [7, 11) is 4.51. The molecule has 0 saturated carbocycles. The first-order valence-electron chi connectivity index (χ1n) is 10.8. The summed E-state index contributed by atoms with van der Waals surface area (Å²) in [6.45, 7) is 3.90. The molecule has 180 valence electrons. The number of benzene rings is 2. The first kappa shape index (κ1) is 23.6. The minimum atomic E-state index is -0.310. The van der Waals surface area contributed by atoms with Gasteiger partial charge < -0.3 is 24.8 Å². The topological polar surface area (TPSA) is 112 Å². The number of hydrogen-bond acceptors (Lipinski definition) is 8. The normalized spacial score (nSPS) is 10.5. The predicted molar refractivity (Wildman–Crippen MR) is 132 cm³/mol. The molecule has 0 aliphatic heterocycles. The van der Waals surface area contributed by atoms with Crippen molar-refractivity contribution >= 4 is 23.1 Å². The van der Waals surface area contributed by atoms with Crippen molar-refractivity contribution in [3.63, 3.8) is 0 Å². The molecule has 0 radical (unpaired) electrons. The Morgan fingerprint density at radius 3 is 2.00 bits per heavy atom. The van der Waals surface area contributed by atoms with Crippen LogP contribution in [0.1, 0.15) is 21.7 Å². The maximum Gasteiger partial charge on any atom is 0.255 e. The van der Waals surface area contributed by atoms with Crippen LogP contribution in [0.4, 0.5) is 17.2 Å². The van der Waals surface area contributed by atoms with E-state index in [0.29, 0.717) is 40.1 Å². The number of rotatable bonds is 8. The number of anilines is 3. The SMILES string of the molecule is COc1cc(C(=O)Nc2ccc(Nc3ccc(-n4nc(C)cc4C)nn3)cc2)cc(OC)c1OC. The van der Waals surface area contributed by atoms with E-state index in [1.54, 1.807) is 28.9 Å². The Balaban J connectivity index is 1.43. The van der Waals surface area contributed by atoms with Crippen LogP contribution < -0.4 is 24.8 Å². The Morgan fingerprint density at radius 2 is 1.49 bits per heavy atom. The third-order valence-corrected chi connectivity index (χ3v) is 5.22. The molecule has 1 amide bonds. The molecule has 0 unspecified atom stereocenters. The Kier molecular flexibility index (Phi) is 6.81. The van der Waals surface area contributed by atoms with E-state index >= 15 is 0 Å². The van der Waals surface area contributed by atoms with Gasteiger partial charge in [0.2, 0.25) is 5.75 Å². The summed E-state index contributed by atoms with van der Waals surface area (Å²) in [6.07, 6.45) is 0. The molecule has 4 rings (SSSR count). The number of nitrogens with zero attached hydrogens (tertiary/aromatic N) is 4. The minimum Gasteiger partial charge on any atom is -0.493 e. The highest BCUT2D eigenvalue weighted by molar-refractivity contribution is 6.05. The zero-order chi connectivity index (χ0) is 24.9. The van der Waals surface area contributed by atoms with Gasteiger partial charge in [-0.25, -0.2) is 4.68 Å². The highest BCUT2D eigenvalue weighted by atomic mass is 16.5. The molecule has 10 nitrogen and oxygen atoms in total. The molecule has 0 aliphatic rings. The number of amides is 1. The Bertz CT molecular complexity index is 1310. The predicted octanol–water partition coefficient (Wildman–Crippen LogP) is 4.30. The molecule has 2 N–H and O–H groups in total. The van der Waals surface area contributed by atoms with Gasteiger partial charge in [0, 0.05) is 22.6 Å². The largest absolute Gasteiger partial charge is 0.493 e. The monoisotopic (exact) mass is 474 g/mol. The third-order valence-electron chi connectivity index (χ3n) is 5.22. The molecular weight excluding hydrogens is 448 g/mol. The highest BCUT2D eigenvalue weighted by Crippen LogP contribution is 2.38. The summed E-state index contributed by atoms with van der Waals surface area (Å²) in [5.74, 6) is 2.15. The van der Waals surface area contributed by atoms with E-state index in [2.05, 4.69) is 25.9 Å². The summed E-state index contributed by atoms with van der Waals surface area (Å²) < 4.78 is 17.7. The zero-order valence-electron chi connectivity index (χ0n) is 20.1. The molecule has 0 saturated heterocycles. The fourth-order valence-electron chi connectivity index (χ4n) is 3.57. The molecule has 2 heterocycles. The summed E-state index contributed by atoms with van der Waals surface area (Å²) in [5.41, 5.74) is 3.70. The average molecular weight is 475 g/mol. The number of nitrogens with one attached hydrogen (secondary N) is 2. The Labute approximate surface area is 202 Å². The van der Waals surface area contributed by atoms with Crippen molar-refractivity contribution in [1.82, 2.24) is 20.0 Å². The van der Waals surface area contributed by atoms with E-state index < -0.39 is 0 Å². The Hall–Kier alpha value is -4.60. The van der Waals surface area contributed by atoms with Gasteiger partial charge in [0.15, 0.2) is 23.1 Å². The summed E-state index contributed by atoms with van der Waals surface area (Å²) in [4.78, 5) is 12.8. The van der Waals surface area contributed by atoms with E-state index in [-0.39, 0.29) is 5.91 Å². The zero-order valence-corrected chi connectivity index (χ0v) is 20.1. The first-order valence-corrected chi connectivity index (χ1v) is 10.8. The number of methoxy groups -OCH3 is 3. The van der Waals surface area contributed by atoms with E-state index in [1.165, 1.54) is 21.3 Å². The van der Waals surface area contributed by atoms with Gasteiger partial charge in [-0.15, -0.1) is 10.2 Å². The fraction of sp³-hybridized carbons (Fsp3) is 0.200. The second-order valence-electron chi connectivity index (χ2n) is 7.69.